The van der Waals surface area contributed by atoms with Gasteiger partial charge in [-0.1, -0.05) is 0 Å². The van der Waals surface area contributed by atoms with Crippen molar-refractivity contribution in [1.82, 2.24) is 5.32 Å². The molecular formula is C10H9F2N3O. The van der Waals surface area contributed by atoms with Crippen LogP contribution in [0.4, 0.5) is 8.78 Å². The van der Waals surface area contributed by atoms with Gasteiger partial charge in [0.2, 0.25) is 0 Å². The minimum absolute atomic E-state index is 0.0582. The zero-order valence-electron chi connectivity index (χ0n) is 8.42. The van der Waals surface area contributed by atoms with Crippen LogP contribution in [-0.2, 0) is 10.3 Å². The maximum Gasteiger partial charge on any atom is 0.259 e. The van der Waals surface area contributed by atoms with E-state index in [1.54, 1.807) is 0 Å². The van der Waals surface area contributed by atoms with Gasteiger partial charge in [0.25, 0.3) is 5.91 Å². The molecule has 0 bridgehead atoms. The van der Waals surface area contributed by atoms with Crippen LogP contribution in [0.1, 0.15) is 12.5 Å². The lowest BCUT2D eigenvalue weighted by Gasteiger charge is -2.17. The molecule has 1 atom stereocenters. The minimum Gasteiger partial charge on any atom is -0.370 e. The van der Waals surface area contributed by atoms with Crippen LogP contribution in [0, 0.1) is 11.6 Å². The average molecular weight is 225 g/mol. The quantitative estimate of drug-likeness (QED) is 0.735. The molecule has 1 aromatic rings. The van der Waals surface area contributed by atoms with Crippen molar-refractivity contribution in [2.75, 3.05) is 0 Å². The molecule has 16 heavy (non-hydrogen) atoms. The van der Waals surface area contributed by atoms with E-state index >= 15 is 0 Å². The van der Waals surface area contributed by atoms with E-state index in [0.29, 0.717) is 0 Å². The number of carbonyl (C=O) groups is 1. The van der Waals surface area contributed by atoms with E-state index in [1.165, 1.54) is 6.92 Å². The van der Waals surface area contributed by atoms with Crippen LogP contribution in [0.2, 0.25) is 0 Å². The summed E-state index contributed by atoms with van der Waals surface area (Å²) < 4.78 is 26.0. The van der Waals surface area contributed by atoms with E-state index in [9.17, 15) is 13.6 Å². The van der Waals surface area contributed by atoms with E-state index in [4.69, 9.17) is 5.73 Å². The number of hydrogen-bond acceptors (Lipinski definition) is 3. The highest BCUT2D eigenvalue weighted by Gasteiger charge is 2.40. The van der Waals surface area contributed by atoms with Crippen LogP contribution in [0.25, 0.3) is 0 Å². The topological polar surface area (TPSA) is 67.5 Å². The number of benzene rings is 1. The first-order valence-electron chi connectivity index (χ1n) is 4.55. The second-order valence-electron chi connectivity index (χ2n) is 3.68. The second-order valence-corrected chi connectivity index (χ2v) is 3.68. The van der Waals surface area contributed by atoms with E-state index in [-0.39, 0.29) is 11.5 Å². The predicted molar refractivity (Wildman–Crippen MR) is 53.5 cm³/mol. The number of rotatable bonds is 1. The van der Waals surface area contributed by atoms with Crippen LogP contribution in [0.3, 0.4) is 0 Å². The van der Waals surface area contributed by atoms with Gasteiger partial charge in [0.05, 0.1) is 0 Å². The van der Waals surface area contributed by atoms with Crippen LogP contribution in [-0.4, -0.2) is 11.9 Å². The van der Waals surface area contributed by atoms with E-state index in [1.807, 2.05) is 0 Å². The normalized spacial score (nSPS) is 24.2. The van der Waals surface area contributed by atoms with Gasteiger partial charge in [-0.3, -0.25) is 10.1 Å². The van der Waals surface area contributed by atoms with Crippen LogP contribution >= 0.6 is 0 Å². The lowest BCUT2D eigenvalue weighted by atomic mass is 9.92. The molecule has 1 amide bonds. The highest BCUT2D eigenvalue weighted by Crippen LogP contribution is 2.29. The highest BCUT2D eigenvalue weighted by atomic mass is 19.1. The highest BCUT2D eigenvalue weighted by molar-refractivity contribution is 6.06. The van der Waals surface area contributed by atoms with Crippen molar-refractivity contribution in [3.8, 4) is 0 Å². The first kappa shape index (κ1) is 10.5. The van der Waals surface area contributed by atoms with Crippen molar-refractivity contribution >= 4 is 11.9 Å². The van der Waals surface area contributed by atoms with E-state index in [2.05, 4.69) is 10.3 Å². The number of amides is 1. The van der Waals surface area contributed by atoms with Gasteiger partial charge in [0.15, 0.2) is 11.5 Å². The van der Waals surface area contributed by atoms with Crippen molar-refractivity contribution < 1.29 is 13.6 Å². The number of carbonyl (C=O) groups excluding carboxylic acids is 1. The number of guanidine groups is 1. The Bertz CT molecular complexity index is 481. The number of nitrogens with zero attached hydrogens (tertiary/aromatic N) is 1. The lowest BCUT2D eigenvalue weighted by Crippen LogP contribution is -2.37. The van der Waals surface area contributed by atoms with E-state index in [0.717, 1.165) is 18.2 Å². The summed E-state index contributed by atoms with van der Waals surface area (Å²) in [5.74, 6) is -2.08. The Morgan fingerprint density at radius 3 is 2.31 bits per heavy atom. The van der Waals surface area contributed by atoms with Crippen molar-refractivity contribution in [1.29, 1.82) is 0 Å². The SMILES string of the molecule is CC1(c2cc(F)cc(F)c2)N=C(N)NC1=O. The molecular weight excluding hydrogens is 216 g/mol. The van der Waals surface area contributed by atoms with Gasteiger partial charge in [-0.25, -0.2) is 13.8 Å². The summed E-state index contributed by atoms with van der Waals surface area (Å²) in [6, 6.07) is 2.85. The third kappa shape index (κ3) is 1.52. The van der Waals surface area contributed by atoms with Gasteiger partial charge in [-0.05, 0) is 24.6 Å². The summed E-state index contributed by atoms with van der Waals surface area (Å²) >= 11 is 0. The molecule has 0 saturated carbocycles. The largest absolute Gasteiger partial charge is 0.370 e. The van der Waals surface area contributed by atoms with Crippen LogP contribution in [0.15, 0.2) is 23.2 Å². The van der Waals surface area contributed by atoms with Gasteiger partial charge in [0.1, 0.15) is 11.6 Å². The van der Waals surface area contributed by atoms with Gasteiger partial charge in [0, 0.05) is 6.07 Å². The molecule has 1 aliphatic rings. The van der Waals surface area contributed by atoms with Gasteiger partial charge < -0.3 is 5.73 Å². The molecule has 1 aromatic carbocycles. The Morgan fingerprint density at radius 2 is 1.88 bits per heavy atom. The zero-order valence-corrected chi connectivity index (χ0v) is 8.42. The van der Waals surface area contributed by atoms with Crippen molar-refractivity contribution in [3.63, 3.8) is 0 Å². The fraction of sp³-hybridized carbons (Fsp3) is 0.200. The third-order valence-electron chi connectivity index (χ3n) is 2.45. The Kier molecular flexibility index (Phi) is 2.15. The van der Waals surface area contributed by atoms with Crippen molar-refractivity contribution in [2.45, 2.75) is 12.5 Å². The molecule has 0 radical (unpaired) electrons. The summed E-state index contributed by atoms with van der Waals surface area (Å²) in [7, 11) is 0. The molecule has 1 aliphatic heterocycles. The van der Waals surface area contributed by atoms with Gasteiger partial charge in [-0.15, -0.1) is 0 Å². The summed E-state index contributed by atoms with van der Waals surface area (Å²) in [5, 5.41) is 2.29. The van der Waals surface area contributed by atoms with Gasteiger partial charge in [-0.2, -0.15) is 0 Å². The standard InChI is InChI=1S/C10H9F2N3O/c1-10(8(16)14-9(13)15-10)5-2-6(11)4-7(12)3-5/h2-4H,1H3,(H3,13,14,15,16). The molecule has 2 rings (SSSR count). The molecule has 84 valence electrons. The number of nitrogens with one attached hydrogen (secondary N) is 1. The van der Waals surface area contributed by atoms with Crippen LogP contribution in [0.5, 0.6) is 0 Å². The number of halogens is 2. The predicted octanol–water partition coefficient (Wildman–Crippen LogP) is 0.625. The molecule has 3 N–H and O–H groups in total. The number of nitrogens with two attached hydrogens (primary N) is 1. The minimum atomic E-state index is -1.37. The summed E-state index contributed by atoms with van der Waals surface area (Å²) in [5.41, 5.74) is 4.10. The first-order chi connectivity index (χ1) is 7.41. The lowest BCUT2D eigenvalue weighted by molar-refractivity contribution is -0.123. The molecule has 0 aliphatic carbocycles. The second kappa shape index (κ2) is 3.26. The van der Waals surface area contributed by atoms with Crippen LogP contribution < -0.4 is 11.1 Å². The first-order valence-corrected chi connectivity index (χ1v) is 4.55. The average Bonchev–Trinajstić information content (AvgIpc) is 2.40. The molecule has 1 unspecified atom stereocenters. The maximum atomic E-state index is 13.0. The Morgan fingerprint density at radius 1 is 1.31 bits per heavy atom. The molecule has 6 heteroatoms. The molecule has 4 nitrogen and oxygen atoms in total. The smallest absolute Gasteiger partial charge is 0.259 e. The zero-order chi connectivity index (χ0) is 11.9. The Labute approximate surface area is 90.2 Å². The fourth-order valence-electron chi connectivity index (χ4n) is 1.59. The number of aliphatic imine (C=N–C) groups is 1. The maximum absolute atomic E-state index is 13.0. The number of hydrogen-bond donors (Lipinski definition) is 2. The molecule has 0 spiro atoms. The fourth-order valence-corrected chi connectivity index (χ4v) is 1.59. The molecule has 0 saturated heterocycles. The summed E-state index contributed by atoms with van der Waals surface area (Å²) in [6.45, 7) is 1.44. The molecule has 0 fully saturated rings. The van der Waals surface area contributed by atoms with E-state index < -0.39 is 23.1 Å². The van der Waals surface area contributed by atoms with Crippen molar-refractivity contribution in [3.05, 3.63) is 35.4 Å². The van der Waals surface area contributed by atoms with Crippen molar-refractivity contribution in [2.24, 2.45) is 10.7 Å². The Balaban J connectivity index is 2.55. The molecule has 0 aromatic heterocycles. The molecule has 1 heterocycles. The monoisotopic (exact) mass is 225 g/mol. The van der Waals surface area contributed by atoms with Gasteiger partial charge >= 0.3 is 0 Å². The third-order valence-corrected chi connectivity index (χ3v) is 2.45. The summed E-state index contributed by atoms with van der Waals surface area (Å²) in [6.07, 6.45) is 0. The summed E-state index contributed by atoms with van der Waals surface area (Å²) in [4.78, 5) is 15.4. The Hall–Kier alpha value is -1.98.